The van der Waals surface area contributed by atoms with Gasteiger partial charge in [0.1, 0.15) is 11.5 Å². The van der Waals surface area contributed by atoms with Crippen LogP contribution in [-0.2, 0) is 0 Å². The first-order chi connectivity index (χ1) is 10.1. The van der Waals surface area contributed by atoms with Crippen LogP contribution in [0.1, 0.15) is 20.8 Å². The highest BCUT2D eigenvalue weighted by Crippen LogP contribution is 2.26. The van der Waals surface area contributed by atoms with E-state index in [1.54, 1.807) is 0 Å². The van der Waals surface area contributed by atoms with Crippen LogP contribution in [0.25, 0.3) is 0 Å². The highest BCUT2D eigenvalue weighted by molar-refractivity contribution is 5.66. The van der Waals surface area contributed by atoms with E-state index in [2.05, 4.69) is 5.32 Å². The fourth-order valence-electron chi connectivity index (χ4n) is 2.00. The van der Waals surface area contributed by atoms with Gasteiger partial charge in [0.2, 0.25) is 0 Å². The lowest BCUT2D eigenvalue weighted by Crippen LogP contribution is -2.05. The van der Waals surface area contributed by atoms with Crippen LogP contribution in [0.3, 0.4) is 0 Å². The predicted octanol–water partition coefficient (Wildman–Crippen LogP) is 4.20. The number of nitrogens with one attached hydrogen (secondary N) is 1. The van der Waals surface area contributed by atoms with Crippen LogP contribution in [0.4, 0.5) is 17.1 Å². The first-order valence-electron chi connectivity index (χ1n) is 7.14. The molecule has 0 heterocycles. The maximum Gasteiger partial charge on any atom is 0.123 e. The Morgan fingerprint density at radius 3 is 2.33 bits per heavy atom. The molecule has 3 N–H and O–H groups in total. The normalized spacial score (nSPS) is 10.5. The van der Waals surface area contributed by atoms with Crippen LogP contribution in [0.15, 0.2) is 42.5 Å². The van der Waals surface area contributed by atoms with Gasteiger partial charge in [0, 0.05) is 29.2 Å². The molecule has 21 heavy (non-hydrogen) atoms. The summed E-state index contributed by atoms with van der Waals surface area (Å²) in [6.07, 6.45) is 0.173. The van der Waals surface area contributed by atoms with Crippen LogP contribution < -0.4 is 20.5 Å². The third-order valence-electron chi connectivity index (χ3n) is 2.75. The van der Waals surface area contributed by atoms with Crippen LogP contribution in [0.2, 0.25) is 0 Å². The Morgan fingerprint density at radius 1 is 1.00 bits per heavy atom. The van der Waals surface area contributed by atoms with Crippen molar-refractivity contribution in [3.8, 4) is 11.5 Å². The molecule has 0 spiro atoms. The zero-order valence-corrected chi connectivity index (χ0v) is 12.7. The molecule has 0 amide bonds. The van der Waals surface area contributed by atoms with E-state index in [0.717, 1.165) is 22.9 Å². The van der Waals surface area contributed by atoms with E-state index in [0.29, 0.717) is 12.3 Å². The van der Waals surface area contributed by atoms with Crippen LogP contribution >= 0.6 is 0 Å². The maximum absolute atomic E-state index is 5.88. The molecule has 0 aromatic heterocycles. The van der Waals surface area contributed by atoms with Gasteiger partial charge in [-0.3, -0.25) is 0 Å². The fraction of sp³-hybridized carbons (Fsp3) is 0.294. The van der Waals surface area contributed by atoms with Crippen molar-refractivity contribution >= 4 is 17.1 Å². The van der Waals surface area contributed by atoms with Gasteiger partial charge >= 0.3 is 0 Å². The number of benzene rings is 2. The molecule has 0 aliphatic heterocycles. The minimum atomic E-state index is 0.173. The van der Waals surface area contributed by atoms with Gasteiger partial charge in [-0.2, -0.15) is 0 Å². The average Bonchev–Trinajstić information content (AvgIpc) is 2.40. The van der Waals surface area contributed by atoms with E-state index in [-0.39, 0.29) is 6.10 Å². The minimum absolute atomic E-state index is 0.173. The van der Waals surface area contributed by atoms with Gasteiger partial charge in [-0.25, -0.2) is 0 Å². The molecule has 4 nitrogen and oxygen atoms in total. The summed E-state index contributed by atoms with van der Waals surface area (Å²) in [5, 5.41) is 3.31. The van der Waals surface area contributed by atoms with Gasteiger partial charge < -0.3 is 20.5 Å². The van der Waals surface area contributed by atoms with Gasteiger partial charge in [0.15, 0.2) is 0 Å². The summed E-state index contributed by atoms with van der Waals surface area (Å²) in [6.45, 7) is 6.58. The molecule has 2 aromatic rings. The molecule has 2 aromatic carbocycles. The van der Waals surface area contributed by atoms with E-state index in [4.69, 9.17) is 15.2 Å². The molecule has 4 heteroatoms. The Morgan fingerprint density at radius 2 is 1.71 bits per heavy atom. The van der Waals surface area contributed by atoms with Crippen LogP contribution in [-0.4, -0.2) is 12.7 Å². The molecule has 0 saturated carbocycles. The lowest BCUT2D eigenvalue weighted by molar-refractivity contribution is 0.242. The van der Waals surface area contributed by atoms with Gasteiger partial charge in [-0.1, -0.05) is 0 Å². The first kappa shape index (κ1) is 15.0. The summed E-state index contributed by atoms with van der Waals surface area (Å²) in [7, 11) is 0. The van der Waals surface area contributed by atoms with Crippen molar-refractivity contribution < 1.29 is 9.47 Å². The highest BCUT2D eigenvalue weighted by Gasteiger charge is 2.02. The molecule has 2 rings (SSSR count). The van der Waals surface area contributed by atoms with Crippen molar-refractivity contribution in [2.24, 2.45) is 0 Å². The monoisotopic (exact) mass is 286 g/mol. The van der Waals surface area contributed by atoms with E-state index in [9.17, 15) is 0 Å². The average molecular weight is 286 g/mol. The molecule has 0 bridgehead atoms. The van der Waals surface area contributed by atoms with Crippen molar-refractivity contribution in [1.29, 1.82) is 0 Å². The maximum atomic E-state index is 5.88. The quantitative estimate of drug-likeness (QED) is 0.781. The topological polar surface area (TPSA) is 56.5 Å². The minimum Gasteiger partial charge on any atom is -0.494 e. The molecule has 0 aliphatic rings. The smallest absolute Gasteiger partial charge is 0.123 e. The summed E-state index contributed by atoms with van der Waals surface area (Å²) < 4.78 is 11.1. The number of ether oxygens (including phenoxy) is 2. The summed E-state index contributed by atoms with van der Waals surface area (Å²) in [4.78, 5) is 0. The lowest BCUT2D eigenvalue weighted by Gasteiger charge is -2.12. The Bertz CT molecular complexity index is 580. The summed E-state index contributed by atoms with van der Waals surface area (Å²) in [6, 6.07) is 13.5. The number of nitrogens with two attached hydrogens (primary N) is 1. The van der Waals surface area contributed by atoms with Gasteiger partial charge in [0.25, 0.3) is 0 Å². The third kappa shape index (κ3) is 4.60. The Kier molecular flexibility index (Phi) is 4.93. The number of rotatable bonds is 6. The van der Waals surface area contributed by atoms with Crippen molar-refractivity contribution in [2.75, 3.05) is 17.7 Å². The van der Waals surface area contributed by atoms with Crippen molar-refractivity contribution in [1.82, 2.24) is 0 Å². The first-order valence-corrected chi connectivity index (χ1v) is 7.14. The number of nitrogen functional groups attached to an aromatic ring is 1. The van der Waals surface area contributed by atoms with E-state index < -0.39 is 0 Å². The summed E-state index contributed by atoms with van der Waals surface area (Å²) in [5.74, 6) is 1.62. The van der Waals surface area contributed by atoms with Crippen molar-refractivity contribution in [3.05, 3.63) is 42.5 Å². The van der Waals surface area contributed by atoms with E-state index in [1.165, 1.54) is 0 Å². The predicted molar refractivity (Wildman–Crippen MR) is 87.5 cm³/mol. The zero-order chi connectivity index (χ0) is 15.2. The molecule has 0 unspecified atom stereocenters. The molecule has 0 fully saturated rings. The largest absolute Gasteiger partial charge is 0.494 e. The van der Waals surface area contributed by atoms with E-state index >= 15 is 0 Å². The van der Waals surface area contributed by atoms with Crippen LogP contribution in [0.5, 0.6) is 11.5 Å². The van der Waals surface area contributed by atoms with Gasteiger partial charge in [0.05, 0.1) is 12.7 Å². The Labute approximate surface area is 125 Å². The molecular formula is C17H22N2O2. The van der Waals surface area contributed by atoms with Crippen molar-refractivity contribution in [3.63, 3.8) is 0 Å². The molecule has 0 aliphatic carbocycles. The van der Waals surface area contributed by atoms with Gasteiger partial charge in [-0.15, -0.1) is 0 Å². The molecule has 0 atom stereocenters. The molecule has 0 saturated heterocycles. The number of anilines is 3. The molecular weight excluding hydrogens is 264 g/mol. The fourth-order valence-corrected chi connectivity index (χ4v) is 2.00. The Hall–Kier alpha value is -2.36. The number of hydrogen-bond donors (Lipinski definition) is 2. The SMILES string of the molecule is CCOc1cc(N)cc(Nc2ccc(OC(C)C)cc2)c1. The third-order valence-corrected chi connectivity index (χ3v) is 2.75. The summed E-state index contributed by atoms with van der Waals surface area (Å²) >= 11 is 0. The summed E-state index contributed by atoms with van der Waals surface area (Å²) in [5.41, 5.74) is 8.42. The Balaban J connectivity index is 2.10. The lowest BCUT2D eigenvalue weighted by atomic mass is 10.2. The van der Waals surface area contributed by atoms with E-state index in [1.807, 2.05) is 63.2 Å². The van der Waals surface area contributed by atoms with Crippen LogP contribution in [0, 0.1) is 0 Å². The zero-order valence-electron chi connectivity index (χ0n) is 12.7. The highest BCUT2D eigenvalue weighted by atomic mass is 16.5. The standard InChI is InChI=1S/C17H22N2O2/c1-4-20-17-10-13(18)9-15(11-17)19-14-5-7-16(8-6-14)21-12(2)3/h5-12,19H,4,18H2,1-3H3. The second-order valence-electron chi connectivity index (χ2n) is 5.04. The van der Waals surface area contributed by atoms with Crippen molar-refractivity contribution in [2.45, 2.75) is 26.9 Å². The second kappa shape index (κ2) is 6.88. The molecule has 0 radical (unpaired) electrons. The second-order valence-corrected chi connectivity index (χ2v) is 5.04. The number of hydrogen-bond acceptors (Lipinski definition) is 4. The molecule has 112 valence electrons. The van der Waals surface area contributed by atoms with Gasteiger partial charge in [-0.05, 0) is 51.1 Å².